The van der Waals surface area contributed by atoms with Crippen LogP contribution in [-0.4, -0.2) is 64.4 Å². The Bertz CT molecular complexity index is 975. The molecule has 8 nitrogen and oxygen atoms in total. The fraction of sp³-hybridized carbons (Fsp3) is 0.462. The molecule has 2 N–H and O–H groups in total. The lowest BCUT2D eigenvalue weighted by Gasteiger charge is -2.35. The third-order valence-electron chi connectivity index (χ3n) is 6.45. The van der Waals surface area contributed by atoms with E-state index in [9.17, 15) is 9.59 Å². The minimum atomic E-state index is -0.149. The molecule has 1 atom stereocenters. The van der Waals surface area contributed by atoms with Gasteiger partial charge in [0.2, 0.25) is 0 Å². The van der Waals surface area contributed by atoms with E-state index in [2.05, 4.69) is 15.5 Å². The topological polar surface area (TPSA) is 89.1 Å². The maximum absolute atomic E-state index is 12.9. The van der Waals surface area contributed by atoms with Crippen LogP contribution in [0.2, 0.25) is 0 Å². The number of hydrogen-bond donors (Lipinski definition) is 2. The highest BCUT2D eigenvalue weighted by atomic mass is 16.5. The highest BCUT2D eigenvalue weighted by Gasteiger charge is 2.25. The van der Waals surface area contributed by atoms with Crippen LogP contribution < -0.4 is 25.0 Å². The Morgan fingerprint density at radius 3 is 2.35 bits per heavy atom. The summed E-state index contributed by atoms with van der Waals surface area (Å²) in [4.78, 5) is 27.9. The van der Waals surface area contributed by atoms with Crippen LogP contribution in [0.3, 0.4) is 0 Å². The zero-order valence-electron chi connectivity index (χ0n) is 19.8. The zero-order valence-corrected chi connectivity index (χ0v) is 19.8. The molecule has 182 valence electrons. The van der Waals surface area contributed by atoms with Gasteiger partial charge in [0, 0.05) is 49.6 Å². The van der Waals surface area contributed by atoms with Crippen LogP contribution in [0, 0.1) is 0 Å². The summed E-state index contributed by atoms with van der Waals surface area (Å²) in [6, 6.07) is 12.9. The van der Waals surface area contributed by atoms with Crippen LogP contribution in [0.15, 0.2) is 42.5 Å². The van der Waals surface area contributed by atoms with E-state index in [1.807, 2.05) is 24.3 Å². The van der Waals surface area contributed by atoms with Crippen molar-refractivity contribution < 1.29 is 23.8 Å². The molecule has 0 aliphatic carbocycles. The number of methoxy groups -OCH3 is 2. The maximum Gasteiger partial charge on any atom is 0.253 e. The Morgan fingerprint density at radius 2 is 1.71 bits per heavy atom. The highest BCUT2D eigenvalue weighted by Crippen LogP contribution is 2.26. The molecule has 0 bridgehead atoms. The number of ether oxygens (including phenoxy) is 3. The van der Waals surface area contributed by atoms with Crippen molar-refractivity contribution in [3.63, 3.8) is 0 Å². The van der Waals surface area contributed by atoms with Crippen LogP contribution in [0.25, 0.3) is 0 Å². The SMILES string of the molecule is COc1cc(OC)cc(C(=O)NC2CCN(c3ccccc3C(=O)NCC3CCCO3)CC2)c1. The molecule has 2 amide bonds. The van der Waals surface area contributed by atoms with Gasteiger partial charge in [-0.2, -0.15) is 0 Å². The molecular weight excluding hydrogens is 434 g/mol. The van der Waals surface area contributed by atoms with Gasteiger partial charge in [-0.05, 0) is 49.9 Å². The molecule has 0 spiro atoms. The molecule has 2 heterocycles. The molecular formula is C26H33N3O5. The number of hydrogen-bond acceptors (Lipinski definition) is 6. The molecule has 2 aliphatic heterocycles. The zero-order chi connectivity index (χ0) is 23.9. The van der Waals surface area contributed by atoms with Crippen LogP contribution in [0.5, 0.6) is 11.5 Å². The largest absolute Gasteiger partial charge is 0.497 e. The number of anilines is 1. The van der Waals surface area contributed by atoms with Gasteiger partial charge in [0.15, 0.2) is 0 Å². The molecule has 2 aromatic rings. The fourth-order valence-electron chi connectivity index (χ4n) is 4.52. The molecule has 2 aromatic carbocycles. The van der Waals surface area contributed by atoms with Crippen LogP contribution >= 0.6 is 0 Å². The van der Waals surface area contributed by atoms with E-state index in [1.165, 1.54) is 0 Å². The molecule has 0 aromatic heterocycles. The number of carbonyl (C=O) groups is 2. The Morgan fingerprint density at radius 1 is 1.00 bits per heavy atom. The van der Waals surface area contributed by atoms with Gasteiger partial charge in [0.1, 0.15) is 11.5 Å². The van der Waals surface area contributed by atoms with Crippen molar-refractivity contribution in [1.29, 1.82) is 0 Å². The van der Waals surface area contributed by atoms with E-state index in [4.69, 9.17) is 14.2 Å². The summed E-state index contributed by atoms with van der Waals surface area (Å²) < 4.78 is 16.2. The molecule has 34 heavy (non-hydrogen) atoms. The van der Waals surface area contributed by atoms with Crippen molar-refractivity contribution in [1.82, 2.24) is 10.6 Å². The predicted octanol–water partition coefficient (Wildman–Crippen LogP) is 3.01. The second-order valence-corrected chi connectivity index (χ2v) is 8.70. The van der Waals surface area contributed by atoms with Gasteiger partial charge in [-0.3, -0.25) is 9.59 Å². The fourth-order valence-corrected chi connectivity index (χ4v) is 4.52. The number of benzene rings is 2. The smallest absolute Gasteiger partial charge is 0.253 e. The standard InChI is InChI=1S/C26H33N3O5/c1-32-21-14-18(15-22(16-21)33-2)25(30)28-19-9-11-29(12-10-19)24-8-4-3-7-23(24)26(31)27-17-20-6-5-13-34-20/h3-4,7-8,14-16,19-20H,5-6,9-13,17H2,1-2H3,(H,27,31)(H,28,30). The third kappa shape index (κ3) is 5.80. The van der Waals surface area contributed by atoms with Crippen LogP contribution in [0.4, 0.5) is 5.69 Å². The first-order valence-electron chi connectivity index (χ1n) is 11.8. The molecule has 2 saturated heterocycles. The van der Waals surface area contributed by atoms with Gasteiger partial charge in [0.05, 0.1) is 25.9 Å². The van der Waals surface area contributed by atoms with Crippen molar-refractivity contribution in [2.24, 2.45) is 0 Å². The van der Waals surface area contributed by atoms with Gasteiger partial charge < -0.3 is 29.7 Å². The van der Waals surface area contributed by atoms with Gasteiger partial charge in [-0.15, -0.1) is 0 Å². The molecule has 8 heteroatoms. The number of piperidine rings is 1. The van der Waals surface area contributed by atoms with Crippen molar-refractivity contribution in [2.45, 2.75) is 37.8 Å². The molecule has 0 saturated carbocycles. The van der Waals surface area contributed by atoms with Gasteiger partial charge in [-0.1, -0.05) is 12.1 Å². The number of nitrogens with zero attached hydrogens (tertiary/aromatic N) is 1. The van der Waals surface area contributed by atoms with E-state index in [0.29, 0.717) is 29.2 Å². The van der Waals surface area contributed by atoms with Gasteiger partial charge in [-0.25, -0.2) is 0 Å². The van der Waals surface area contributed by atoms with E-state index < -0.39 is 0 Å². The summed E-state index contributed by atoms with van der Waals surface area (Å²) in [6.45, 7) is 2.81. The van der Waals surface area contributed by atoms with E-state index in [1.54, 1.807) is 32.4 Å². The number of carbonyl (C=O) groups excluding carboxylic acids is 2. The average molecular weight is 468 g/mol. The minimum absolute atomic E-state index is 0.0569. The van der Waals surface area contributed by atoms with E-state index in [0.717, 1.165) is 51.1 Å². The number of amides is 2. The summed E-state index contributed by atoms with van der Waals surface area (Å²) in [5.41, 5.74) is 2.10. The average Bonchev–Trinajstić information content (AvgIpc) is 3.41. The van der Waals surface area contributed by atoms with Crippen molar-refractivity contribution >= 4 is 17.5 Å². The van der Waals surface area contributed by atoms with Crippen molar-refractivity contribution in [3.05, 3.63) is 53.6 Å². The quantitative estimate of drug-likeness (QED) is 0.621. The summed E-state index contributed by atoms with van der Waals surface area (Å²) in [5.74, 6) is 0.931. The first-order chi connectivity index (χ1) is 16.6. The highest BCUT2D eigenvalue weighted by molar-refractivity contribution is 6.00. The first-order valence-corrected chi connectivity index (χ1v) is 11.8. The van der Waals surface area contributed by atoms with Crippen LogP contribution in [-0.2, 0) is 4.74 Å². The molecule has 0 radical (unpaired) electrons. The number of nitrogens with one attached hydrogen (secondary N) is 2. The monoisotopic (exact) mass is 467 g/mol. The third-order valence-corrected chi connectivity index (χ3v) is 6.45. The Balaban J connectivity index is 1.34. The number of para-hydroxylation sites is 1. The molecule has 2 aliphatic rings. The van der Waals surface area contributed by atoms with Crippen molar-refractivity contribution in [3.8, 4) is 11.5 Å². The predicted molar refractivity (Wildman–Crippen MR) is 130 cm³/mol. The summed E-state index contributed by atoms with van der Waals surface area (Å²) >= 11 is 0. The van der Waals surface area contributed by atoms with Gasteiger partial charge >= 0.3 is 0 Å². The number of rotatable bonds is 8. The minimum Gasteiger partial charge on any atom is -0.497 e. The van der Waals surface area contributed by atoms with Gasteiger partial charge in [0.25, 0.3) is 11.8 Å². The Hall–Kier alpha value is -3.26. The molecule has 4 rings (SSSR count). The maximum atomic E-state index is 12.9. The lowest BCUT2D eigenvalue weighted by Crippen LogP contribution is -2.45. The Kier molecular flexibility index (Phi) is 7.90. The lowest BCUT2D eigenvalue weighted by atomic mass is 10.0. The normalized spacial score (nSPS) is 18.4. The second-order valence-electron chi connectivity index (χ2n) is 8.70. The summed E-state index contributed by atoms with van der Waals surface area (Å²) in [5, 5.41) is 6.15. The molecule has 1 unspecified atom stereocenters. The Labute approximate surface area is 200 Å². The molecule has 2 fully saturated rings. The van der Waals surface area contributed by atoms with E-state index >= 15 is 0 Å². The first kappa shape index (κ1) is 23.9. The summed E-state index contributed by atoms with van der Waals surface area (Å²) in [6.07, 6.45) is 3.73. The van der Waals surface area contributed by atoms with Crippen LogP contribution in [0.1, 0.15) is 46.4 Å². The summed E-state index contributed by atoms with van der Waals surface area (Å²) in [7, 11) is 3.12. The lowest BCUT2D eigenvalue weighted by molar-refractivity contribution is 0.0858. The van der Waals surface area contributed by atoms with E-state index in [-0.39, 0.29) is 24.0 Å². The van der Waals surface area contributed by atoms with Crippen molar-refractivity contribution in [2.75, 3.05) is 45.4 Å². The second kappa shape index (κ2) is 11.2.